The number of nitrogens with zero attached hydrogens (tertiary/aromatic N) is 2. The third-order valence-corrected chi connectivity index (χ3v) is 7.04. The highest BCUT2D eigenvalue weighted by Crippen LogP contribution is 2.33. The Balaban J connectivity index is 1.72. The molecule has 1 N–H and O–H groups in total. The van der Waals surface area contributed by atoms with Crippen LogP contribution in [0.15, 0.2) is 60.7 Å². The number of ether oxygens (including phenoxy) is 2. The maximum absolute atomic E-state index is 11.9. The number of carbonyl (C=O) groups is 1. The summed E-state index contributed by atoms with van der Waals surface area (Å²) in [7, 11) is 1.61. The first-order chi connectivity index (χ1) is 18.5. The largest absolute Gasteiger partial charge is 0.490 e. The summed E-state index contributed by atoms with van der Waals surface area (Å²) in [6.07, 6.45) is 6.35. The molecule has 0 aromatic heterocycles. The number of methoxy groups -OCH3 is 1. The van der Waals surface area contributed by atoms with Crippen LogP contribution >= 0.6 is 11.6 Å². The van der Waals surface area contributed by atoms with Crippen molar-refractivity contribution in [3.8, 4) is 22.9 Å². The summed E-state index contributed by atoms with van der Waals surface area (Å²) in [6.45, 7) is 1.93. The second-order valence-electron chi connectivity index (χ2n) is 9.22. The Morgan fingerprint density at radius 3 is 2.63 bits per heavy atom. The number of rotatable bonds is 10. The molecule has 1 saturated heterocycles. The van der Waals surface area contributed by atoms with Crippen LogP contribution in [0.25, 0.3) is 23.3 Å². The van der Waals surface area contributed by atoms with E-state index in [1.807, 2.05) is 77.7 Å². The SMILES string of the molecule is COCCOc1cc(C=Cc2cccc(-c3ccccc3)c2C#N)c(CN2CCCCC2C(=O)O)cc1Cl. The van der Waals surface area contributed by atoms with Crippen LogP contribution in [0.1, 0.15) is 41.5 Å². The van der Waals surface area contributed by atoms with Crippen molar-refractivity contribution in [3.05, 3.63) is 87.9 Å². The van der Waals surface area contributed by atoms with Gasteiger partial charge < -0.3 is 14.6 Å². The van der Waals surface area contributed by atoms with E-state index < -0.39 is 12.0 Å². The van der Waals surface area contributed by atoms with E-state index in [1.165, 1.54) is 0 Å². The van der Waals surface area contributed by atoms with Crippen LogP contribution in [0.2, 0.25) is 5.02 Å². The maximum Gasteiger partial charge on any atom is 0.320 e. The summed E-state index contributed by atoms with van der Waals surface area (Å²) in [5.74, 6) is -0.275. The molecule has 0 amide bonds. The van der Waals surface area contributed by atoms with Gasteiger partial charge in [-0.25, -0.2) is 0 Å². The van der Waals surface area contributed by atoms with Gasteiger partial charge in [-0.2, -0.15) is 5.26 Å². The van der Waals surface area contributed by atoms with Crippen LogP contribution in [0, 0.1) is 11.3 Å². The van der Waals surface area contributed by atoms with Crippen LogP contribution in [-0.2, 0) is 16.1 Å². The number of hydrogen-bond donors (Lipinski definition) is 1. The van der Waals surface area contributed by atoms with Gasteiger partial charge in [0.05, 0.1) is 17.2 Å². The van der Waals surface area contributed by atoms with E-state index in [0.29, 0.717) is 49.1 Å². The molecule has 3 aromatic rings. The average Bonchev–Trinajstić information content (AvgIpc) is 2.94. The number of carboxylic acids is 1. The first kappa shape index (κ1) is 27.4. The van der Waals surface area contributed by atoms with Gasteiger partial charge in [0.2, 0.25) is 0 Å². The van der Waals surface area contributed by atoms with Gasteiger partial charge in [0.15, 0.2) is 0 Å². The zero-order valence-electron chi connectivity index (χ0n) is 21.4. The molecule has 6 nitrogen and oxygen atoms in total. The smallest absolute Gasteiger partial charge is 0.320 e. The molecule has 4 rings (SSSR count). The molecule has 1 aliphatic heterocycles. The van der Waals surface area contributed by atoms with E-state index in [4.69, 9.17) is 21.1 Å². The van der Waals surface area contributed by atoms with Crippen molar-refractivity contribution >= 4 is 29.7 Å². The molecule has 1 fully saturated rings. The summed E-state index contributed by atoms with van der Waals surface area (Å²) < 4.78 is 10.9. The van der Waals surface area contributed by atoms with E-state index >= 15 is 0 Å². The van der Waals surface area contributed by atoms with Crippen molar-refractivity contribution in [2.75, 3.05) is 26.9 Å². The highest BCUT2D eigenvalue weighted by Gasteiger charge is 2.29. The highest BCUT2D eigenvalue weighted by atomic mass is 35.5. The molecule has 196 valence electrons. The van der Waals surface area contributed by atoms with Crippen molar-refractivity contribution in [1.29, 1.82) is 5.26 Å². The van der Waals surface area contributed by atoms with Gasteiger partial charge in [0.1, 0.15) is 24.5 Å². The van der Waals surface area contributed by atoms with Crippen molar-refractivity contribution < 1.29 is 19.4 Å². The quantitative estimate of drug-likeness (QED) is 0.237. The molecule has 0 spiro atoms. The summed E-state index contributed by atoms with van der Waals surface area (Å²) in [6, 6.07) is 21.2. The number of aliphatic carboxylic acids is 1. The van der Waals surface area contributed by atoms with Crippen molar-refractivity contribution in [2.45, 2.75) is 31.8 Å². The van der Waals surface area contributed by atoms with Gasteiger partial charge >= 0.3 is 5.97 Å². The van der Waals surface area contributed by atoms with Gasteiger partial charge in [-0.1, -0.05) is 78.7 Å². The van der Waals surface area contributed by atoms with Crippen molar-refractivity contribution in [3.63, 3.8) is 0 Å². The van der Waals surface area contributed by atoms with Gasteiger partial charge in [0, 0.05) is 19.2 Å². The number of piperidine rings is 1. The molecule has 1 aliphatic rings. The lowest BCUT2D eigenvalue weighted by atomic mass is 9.95. The molecule has 0 aliphatic carbocycles. The Hall–Kier alpha value is -3.63. The van der Waals surface area contributed by atoms with Gasteiger partial charge in [0.25, 0.3) is 0 Å². The molecule has 3 aromatic carbocycles. The highest BCUT2D eigenvalue weighted by molar-refractivity contribution is 6.32. The Labute approximate surface area is 228 Å². The molecular weight excluding hydrogens is 500 g/mol. The van der Waals surface area contributed by atoms with Crippen molar-refractivity contribution in [2.24, 2.45) is 0 Å². The zero-order chi connectivity index (χ0) is 26.9. The van der Waals surface area contributed by atoms with Crippen LogP contribution in [0.5, 0.6) is 5.75 Å². The predicted molar refractivity (Wildman–Crippen MR) is 150 cm³/mol. The van der Waals surface area contributed by atoms with E-state index in [1.54, 1.807) is 7.11 Å². The summed E-state index contributed by atoms with van der Waals surface area (Å²) in [5.41, 5.74) is 4.97. The molecule has 0 bridgehead atoms. The Kier molecular flexibility index (Phi) is 9.56. The number of likely N-dealkylation sites (tertiary alicyclic amines) is 1. The van der Waals surface area contributed by atoms with Gasteiger partial charge in [-0.05, 0) is 53.8 Å². The number of hydrogen-bond acceptors (Lipinski definition) is 5. The minimum atomic E-state index is -0.802. The lowest BCUT2D eigenvalue weighted by Gasteiger charge is -2.33. The van der Waals surface area contributed by atoms with E-state index in [2.05, 4.69) is 6.07 Å². The summed E-state index contributed by atoms with van der Waals surface area (Å²) >= 11 is 6.58. The third kappa shape index (κ3) is 6.62. The average molecular weight is 531 g/mol. The molecule has 38 heavy (non-hydrogen) atoms. The first-order valence-electron chi connectivity index (χ1n) is 12.7. The lowest BCUT2D eigenvalue weighted by Crippen LogP contribution is -2.44. The van der Waals surface area contributed by atoms with Crippen LogP contribution < -0.4 is 4.74 Å². The molecular formula is C31H31ClN2O4. The molecule has 1 atom stereocenters. The number of halogens is 1. The second-order valence-corrected chi connectivity index (χ2v) is 9.63. The first-order valence-corrected chi connectivity index (χ1v) is 13.1. The number of benzene rings is 3. The maximum atomic E-state index is 11.9. The Morgan fingerprint density at radius 1 is 1.11 bits per heavy atom. The van der Waals surface area contributed by atoms with E-state index in [0.717, 1.165) is 40.7 Å². The van der Waals surface area contributed by atoms with E-state index in [-0.39, 0.29) is 0 Å². The van der Waals surface area contributed by atoms with E-state index in [9.17, 15) is 15.2 Å². The van der Waals surface area contributed by atoms with Gasteiger partial charge in [-0.15, -0.1) is 0 Å². The van der Waals surface area contributed by atoms with Crippen molar-refractivity contribution in [1.82, 2.24) is 4.90 Å². The molecule has 0 radical (unpaired) electrons. The fourth-order valence-electron chi connectivity index (χ4n) is 4.80. The summed E-state index contributed by atoms with van der Waals surface area (Å²) in [4.78, 5) is 13.9. The minimum absolute atomic E-state index is 0.351. The van der Waals surface area contributed by atoms with Crippen LogP contribution in [0.4, 0.5) is 0 Å². The third-order valence-electron chi connectivity index (χ3n) is 6.75. The van der Waals surface area contributed by atoms with Gasteiger partial charge in [-0.3, -0.25) is 9.69 Å². The molecule has 7 heteroatoms. The number of nitriles is 1. The Bertz CT molecular complexity index is 1330. The molecule has 1 heterocycles. The predicted octanol–water partition coefficient (Wildman–Crippen LogP) is 6.51. The minimum Gasteiger partial charge on any atom is -0.490 e. The standard InChI is InChI=1S/C31H31ClN2O4/c1-37-16-17-38-30-19-24(25(18-28(30)32)21-34-15-6-5-12-29(34)31(35)36)14-13-23-10-7-11-26(27(23)20-33)22-8-3-2-4-9-22/h2-4,7-11,13-14,18-19,29H,5-6,12,15-17,21H2,1H3,(H,35,36). The Morgan fingerprint density at radius 2 is 1.89 bits per heavy atom. The monoisotopic (exact) mass is 530 g/mol. The fraction of sp³-hybridized carbons (Fsp3) is 0.290. The second kappa shape index (κ2) is 13.3. The van der Waals surface area contributed by atoms with Crippen LogP contribution in [-0.4, -0.2) is 48.9 Å². The summed E-state index contributed by atoms with van der Waals surface area (Å²) in [5, 5.41) is 20.2. The normalized spacial score (nSPS) is 15.9. The fourth-order valence-corrected chi connectivity index (χ4v) is 5.04. The van der Waals surface area contributed by atoms with Crippen LogP contribution in [0.3, 0.4) is 0 Å². The topological polar surface area (TPSA) is 82.8 Å². The molecule has 1 unspecified atom stereocenters. The lowest BCUT2D eigenvalue weighted by molar-refractivity contribution is -0.144. The zero-order valence-corrected chi connectivity index (χ0v) is 22.2. The molecule has 0 saturated carbocycles. The number of carboxylic acid groups (broad SMARTS) is 1.